The maximum absolute atomic E-state index is 8.88. The highest BCUT2D eigenvalue weighted by molar-refractivity contribution is 7.45. The van der Waals surface area contributed by atoms with Crippen molar-refractivity contribution in [2.24, 2.45) is 5.73 Å². The summed E-state index contributed by atoms with van der Waals surface area (Å²) in [5, 5.41) is 0. The van der Waals surface area contributed by atoms with Gasteiger partial charge >= 0.3 is 7.82 Å². The van der Waals surface area contributed by atoms with Crippen LogP contribution in [0.25, 0.3) is 0 Å². The Morgan fingerprint density at radius 1 is 1.50 bits per heavy atom. The Morgan fingerprint density at radius 2 is 2.00 bits per heavy atom. The lowest BCUT2D eigenvalue weighted by molar-refractivity contribution is 0.275. The van der Waals surface area contributed by atoms with Crippen LogP contribution in [0.2, 0.25) is 0 Å². The molecule has 0 amide bonds. The fourth-order valence-corrected chi connectivity index (χ4v) is 0.429. The van der Waals surface area contributed by atoms with Crippen LogP contribution in [0.3, 0.4) is 0 Å². The van der Waals surface area contributed by atoms with Crippen LogP contribution in [0.1, 0.15) is 5.76 Å². The molecular formula is C5H10NO5P. The Kier molecular flexibility index (Phi) is 4.80. The van der Waals surface area contributed by atoms with E-state index in [1.54, 1.807) is 6.26 Å². The number of rotatable bonds is 1. The summed E-state index contributed by atoms with van der Waals surface area (Å²) in [5.74, 6) is 0.833. The number of hydrogen-bond acceptors (Lipinski definition) is 3. The lowest BCUT2D eigenvalue weighted by Crippen LogP contribution is -1.92. The molecule has 0 bridgehead atoms. The molecule has 0 unspecified atom stereocenters. The molecule has 0 fully saturated rings. The summed E-state index contributed by atoms with van der Waals surface area (Å²) < 4.78 is 13.7. The first-order valence-corrected chi connectivity index (χ1v) is 4.50. The number of phosphoric acid groups is 1. The summed E-state index contributed by atoms with van der Waals surface area (Å²) in [4.78, 5) is 21.6. The Balaban J connectivity index is 0.000000217. The molecule has 0 saturated carbocycles. The van der Waals surface area contributed by atoms with E-state index in [0.29, 0.717) is 6.54 Å². The van der Waals surface area contributed by atoms with Crippen LogP contribution >= 0.6 is 7.82 Å². The van der Waals surface area contributed by atoms with Crippen molar-refractivity contribution in [3.05, 3.63) is 24.2 Å². The van der Waals surface area contributed by atoms with Crippen LogP contribution in [-0.4, -0.2) is 14.7 Å². The van der Waals surface area contributed by atoms with Gasteiger partial charge in [-0.3, -0.25) is 0 Å². The van der Waals surface area contributed by atoms with E-state index < -0.39 is 7.82 Å². The standard InChI is InChI=1S/C5H7NO.H3O4P/c6-4-5-2-1-3-7-5;1-5(2,3)4/h1-3H,4,6H2;(H3,1,2,3,4). The van der Waals surface area contributed by atoms with Crippen molar-refractivity contribution >= 4 is 7.82 Å². The maximum atomic E-state index is 8.88. The molecule has 0 aromatic carbocycles. The Morgan fingerprint density at radius 3 is 2.17 bits per heavy atom. The predicted octanol–water partition coefficient (Wildman–Crippen LogP) is -0.190. The Bertz CT molecular complexity index is 232. The van der Waals surface area contributed by atoms with Gasteiger partial charge in [0.05, 0.1) is 12.8 Å². The fourth-order valence-electron chi connectivity index (χ4n) is 0.429. The molecule has 1 heterocycles. The average Bonchev–Trinajstić information content (AvgIpc) is 2.33. The molecule has 5 N–H and O–H groups in total. The third-order valence-corrected chi connectivity index (χ3v) is 0.781. The van der Waals surface area contributed by atoms with Crippen molar-refractivity contribution in [2.45, 2.75) is 6.54 Å². The van der Waals surface area contributed by atoms with Crippen LogP contribution in [0.4, 0.5) is 0 Å². The van der Waals surface area contributed by atoms with E-state index in [0.717, 1.165) is 5.76 Å². The van der Waals surface area contributed by atoms with Crippen LogP contribution in [-0.2, 0) is 11.1 Å². The molecule has 0 atom stereocenters. The summed E-state index contributed by atoms with van der Waals surface area (Å²) in [6, 6.07) is 3.67. The van der Waals surface area contributed by atoms with E-state index in [2.05, 4.69) is 0 Å². The molecule has 70 valence electrons. The van der Waals surface area contributed by atoms with Crippen LogP contribution in [0.5, 0.6) is 0 Å². The van der Waals surface area contributed by atoms with E-state index in [4.69, 9.17) is 29.4 Å². The van der Waals surface area contributed by atoms with Crippen molar-refractivity contribution in [1.29, 1.82) is 0 Å². The SMILES string of the molecule is NCc1ccco1.O=P(O)(O)O. The van der Waals surface area contributed by atoms with E-state index in [-0.39, 0.29) is 0 Å². The molecule has 0 aliphatic rings. The van der Waals surface area contributed by atoms with Gasteiger partial charge in [0.1, 0.15) is 5.76 Å². The lowest BCUT2D eigenvalue weighted by atomic mass is 10.5. The van der Waals surface area contributed by atoms with Gasteiger partial charge in [0.15, 0.2) is 0 Å². The molecule has 0 saturated heterocycles. The first-order chi connectivity index (χ1) is 5.43. The van der Waals surface area contributed by atoms with Crippen LogP contribution in [0.15, 0.2) is 22.8 Å². The summed E-state index contributed by atoms with van der Waals surface area (Å²) in [5.41, 5.74) is 5.20. The Labute approximate surface area is 68.9 Å². The fraction of sp³-hybridized carbons (Fsp3) is 0.200. The van der Waals surface area contributed by atoms with Crippen LogP contribution < -0.4 is 5.73 Å². The zero-order chi connectivity index (χ0) is 9.61. The zero-order valence-electron chi connectivity index (χ0n) is 6.12. The van der Waals surface area contributed by atoms with Gasteiger partial charge in [-0.25, -0.2) is 4.57 Å². The molecule has 6 nitrogen and oxygen atoms in total. The van der Waals surface area contributed by atoms with Gasteiger partial charge in [-0.1, -0.05) is 0 Å². The smallest absolute Gasteiger partial charge is 0.466 e. The molecule has 0 aliphatic heterocycles. The van der Waals surface area contributed by atoms with Gasteiger partial charge in [-0.05, 0) is 12.1 Å². The highest BCUT2D eigenvalue weighted by Crippen LogP contribution is 2.25. The van der Waals surface area contributed by atoms with E-state index in [1.807, 2.05) is 12.1 Å². The van der Waals surface area contributed by atoms with Gasteiger partial charge in [-0.15, -0.1) is 0 Å². The van der Waals surface area contributed by atoms with Gasteiger partial charge in [0.2, 0.25) is 0 Å². The minimum atomic E-state index is -4.64. The number of nitrogens with two attached hydrogens (primary N) is 1. The summed E-state index contributed by atoms with van der Waals surface area (Å²) in [6.07, 6.45) is 1.61. The third-order valence-electron chi connectivity index (χ3n) is 0.781. The predicted molar refractivity (Wildman–Crippen MR) is 40.9 cm³/mol. The summed E-state index contributed by atoms with van der Waals surface area (Å²) in [7, 11) is -4.64. The first-order valence-electron chi connectivity index (χ1n) is 2.94. The van der Waals surface area contributed by atoms with E-state index >= 15 is 0 Å². The molecule has 1 aromatic heterocycles. The molecule has 0 aliphatic carbocycles. The first kappa shape index (κ1) is 11.4. The second-order valence-electron chi connectivity index (χ2n) is 1.80. The second kappa shape index (κ2) is 5.08. The normalized spacial score (nSPS) is 10.3. The molecule has 7 heteroatoms. The molecule has 0 spiro atoms. The molecule has 0 radical (unpaired) electrons. The van der Waals surface area contributed by atoms with Gasteiger partial charge in [0.25, 0.3) is 0 Å². The minimum Gasteiger partial charge on any atom is -0.468 e. The monoisotopic (exact) mass is 195 g/mol. The zero-order valence-corrected chi connectivity index (χ0v) is 7.02. The van der Waals surface area contributed by atoms with Gasteiger partial charge in [-0.2, -0.15) is 0 Å². The second-order valence-corrected chi connectivity index (χ2v) is 2.82. The third kappa shape index (κ3) is 9.35. The average molecular weight is 195 g/mol. The van der Waals surface area contributed by atoms with Crippen molar-refractivity contribution in [2.75, 3.05) is 0 Å². The molecule has 1 aromatic rings. The molecular weight excluding hydrogens is 185 g/mol. The lowest BCUT2D eigenvalue weighted by Gasteiger charge is -1.82. The van der Waals surface area contributed by atoms with Gasteiger partial charge < -0.3 is 24.8 Å². The van der Waals surface area contributed by atoms with Crippen molar-refractivity contribution < 1.29 is 23.7 Å². The Hall–Kier alpha value is -0.650. The maximum Gasteiger partial charge on any atom is 0.466 e. The van der Waals surface area contributed by atoms with Gasteiger partial charge in [0, 0.05) is 0 Å². The molecule has 12 heavy (non-hydrogen) atoms. The van der Waals surface area contributed by atoms with E-state index in [9.17, 15) is 0 Å². The summed E-state index contributed by atoms with van der Waals surface area (Å²) in [6.45, 7) is 0.493. The quantitative estimate of drug-likeness (QED) is 0.461. The highest BCUT2D eigenvalue weighted by atomic mass is 31.2. The number of hydrogen-bond donors (Lipinski definition) is 4. The minimum absolute atomic E-state index is 0.493. The summed E-state index contributed by atoms with van der Waals surface area (Å²) >= 11 is 0. The van der Waals surface area contributed by atoms with Crippen molar-refractivity contribution in [1.82, 2.24) is 0 Å². The number of furan rings is 1. The van der Waals surface area contributed by atoms with Crippen molar-refractivity contribution in [3.63, 3.8) is 0 Å². The van der Waals surface area contributed by atoms with Crippen LogP contribution in [0, 0.1) is 0 Å². The van der Waals surface area contributed by atoms with E-state index in [1.165, 1.54) is 0 Å². The van der Waals surface area contributed by atoms with Crippen molar-refractivity contribution in [3.8, 4) is 0 Å². The topological polar surface area (TPSA) is 117 Å². The molecule has 1 rings (SSSR count). The largest absolute Gasteiger partial charge is 0.468 e. The highest BCUT2D eigenvalue weighted by Gasteiger charge is 2.00.